The third kappa shape index (κ3) is 6.05. The van der Waals surface area contributed by atoms with Gasteiger partial charge in [-0.05, 0) is 61.3 Å². The van der Waals surface area contributed by atoms with E-state index in [0.717, 1.165) is 0 Å². The van der Waals surface area contributed by atoms with Crippen LogP contribution in [0.5, 0.6) is 5.75 Å². The normalized spacial score (nSPS) is 22.1. The van der Waals surface area contributed by atoms with Gasteiger partial charge in [-0.25, -0.2) is 0 Å². The van der Waals surface area contributed by atoms with Gasteiger partial charge in [0.2, 0.25) is 11.8 Å². The van der Waals surface area contributed by atoms with Crippen molar-refractivity contribution in [1.29, 1.82) is 0 Å². The highest BCUT2D eigenvalue weighted by molar-refractivity contribution is 5.80. The molecule has 2 fully saturated rings. The molecule has 2 aliphatic heterocycles. The molecule has 2 aromatic rings. The highest BCUT2D eigenvalue weighted by Crippen LogP contribution is 2.47. The molecule has 0 spiro atoms. The van der Waals surface area contributed by atoms with Crippen molar-refractivity contribution in [2.75, 3.05) is 26.7 Å². The van der Waals surface area contributed by atoms with E-state index in [0.29, 0.717) is 43.5 Å². The maximum Gasteiger partial charge on any atom is 0.418 e. The zero-order valence-electron chi connectivity index (χ0n) is 24.9. The largest absolute Gasteiger partial charge is 0.496 e. The van der Waals surface area contributed by atoms with Gasteiger partial charge in [0.1, 0.15) is 5.75 Å². The summed E-state index contributed by atoms with van der Waals surface area (Å²) in [6, 6.07) is 4.02. The lowest BCUT2D eigenvalue weighted by molar-refractivity contribution is -0.144. The fraction of sp³-hybridized carbons (Fsp3) is 0.536. The molecule has 1 aromatic carbocycles. The number of rotatable bonds is 5. The Kier molecular flexibility index (Phi) is 7.24. The van der Waals surface area contributed by atoms with Crippen molar-refractivity contribution in [2.45, 2.75) is 57.9 Å². The number of benzene rings is 1. The van der Waals surface area contributed by atoms with Gasteiger partial charge in [0.15, 0.2) is 0 Å². The smallest absolute Gasteiger partial charge is 0.418 e. The van der Waals surface area contributed by atoms with Crippen LogP contribution < -0.4 is 4.74 Å². The number of piperidine rings is 1. The molecule has 3 heterocycles. The Morgan fingerprint density at radius 3 is 2.38 bits per heavy atom. The zero-order chi connectivity index (χ0) is 31.9. The summed E-state index contributed by atoms with van der Waals surface area (Å²) < 4.78 is 108. The van der Waals surface area contributed by atoms with Crippen molar-refractivity contribution in [1.82, 2.24) is 14.8 Å². The Labute approximate surface area is 232 Å². The van der Waals surface area contributed by atoms with Crippen LogP contribution in [0, 0.1) is 18.8 Å². The molecular formula is C28H31F6N3O3. The number of methoxy groups -OCH3 is 1. The predicted molar refractivity (Wildman–Crippen MR) is 133 cm³/mol. The fourth-order valence-electron chi connectivity index (χ4n) is 5.97. The zero-order valence-corrected chi connectivity index (χ0v) is 21.9. The molecule has 12 heteroatoms. The van der Waals surface area contributed by atoms with E-state index in [1.165, 1.54) is 17.9 Å². The third-order valence-corrected chi connectivity index (χ3v) is 8.03. The summed E-state index contributed by atoms with van der Waals surface area (Å²) in [6.07, 6.45) is -9.09. The Morgan fingerprint density at radius 2 is 1.77 bits per heavy atom. The molecule has 40 heavy (non-hydrogen) atoms. The lowest BCUT2D eigenvalue weighted by atomic mass is 9.77. The second-order valence-corrected chi connectivity index (χ2v) is 10.3. The Bertz CT molecular complexity index is 1360. The first kappa shape index (κ1) is 25.6. The van der Waals surface area contributed by atoms with Crippen molar-refractivity contribution in [3.63, 3.8) is 0 Å². The minimum absolute atomic E-state index is 0.0392. The number of carbonyl (C=O) groups excluding carboxylic acids is 2. The van der Waals surface area contributed by atoms with E-state index in [1.54, 1.807) is 24.0 Å². The number of nitrogens with zero attached hydrogens (tertiary/aromatic N) is 3. The first-order valence-corrected chi connectivity index (χ1v) is 12.8. The lowest BCUT2D eigenvalue weighted by Crippen LogP contribution is -2.41. The van der Waals surface area contributed by atoms with Crippen molar-refractivity contribution in [2.24, 2.45) is 11.8 Å². The lowest BCUT2D eigenvalue weighted by Gasteiger charge is -2.38. The second kappa shape index (κ2) is 11.3. The van der Waals surface area contributed by atoms with Crippen molar-refractivity contribution >= 4 is 11.8 Å². The van der Waals surface area contributed by atoms with Gasteiger partial charge in [0, 0.05) is 32.8 Å². The average Bonchev–Trinajstić information content (AvgIpc) is 3.33. The molecular weight excluding hydrogens is 540 g/mol. The molecule has 0 unspecified atom stereocenters. The molecule has 2 atom stereocenters. The monoisotopic (exact) mass is 574 g/mol. The SMILES string of the molecule is [2H]C([2H])([2H])Oc1cccc([C@@H]2[C@H](C3CCN(C(C)=O)CC3)CCN2C(=O)Cc2ncc(C(F)(F)F)cc2C(F)(F)F)c1C. The van der Waals surface area contributed by atoms with Crippen molar-refractivity contribution < 1.29 is 44.8 Å². The van der Waals surface area contributed by atoms with Gasteiger partial charge >= 0.3 is 12.4 Å². The van der Waals surface area contributed by atoms with E-state index in [4.69, 9.17) is 8.85 Å². The van der Waals surface area contributed by atoms with Gasteiger partial charge in [0.05, 0.1) is 40.4 Å². The van der Waals surface area contributed by atoms with E-state index < -0.39 is 54.6 Å². The van der Waals surface area contributed by atoms with Crippen LogP contribution in [0.15, 0.2) is 30.5 Å². The molecule has 6 nitrogen and oxygen atoms in total. The van der Waals surface area contributed by atoms with Gasteiger partial charge in [0.25, 0.3) is 0 Å². The molecule has 0 bridgehead atoms. The molecule has 1 aromatic heterocycles. The number of amides is 2. The van der Waals surface area contributed by atoms with Crippen molar-refractivity contribution in [3.8, 4) is 5.75 Å². The van der Waals surface area contributed by atoms with E-state index in [1.807, 2.05) is 0 Å². The second-order valence-electron chi connectivity index (χ2n) is 10.3. The quantitative estimate of drug-likeness (QED) is 0.422. The molecule has 0 radical (unpaired) electrons. The fourth-order valence-corrected chi connectivity index (χ4v) is 5.97. The standard InChI is InChI=1S/C28H31F6N3O3/c1-16-20(5-4-6-24(16)40-3)26-21(18-7-10-36(11-8-18)17(2)38)9-12-37(26)25(39)14-23-22(28(32,33)34)13-19(15-35-23)27(29,30)31/h4-6,13,15,18,21,26H,7-12,14H2,1-3H3/t21-,26+/m0/s1/i3D3. The minimum atomic E-state index is -5.18. The first-order chi connectivity index (χ1) is 19.9. The minimum Gasteiger partial charge on any atom is -0.496 e. The number of alkyl halides is 6. The molecule has 0 saturated carbocycles. The van der Waals surface area contributed by atoms with Gasteiger partial charge < -0.3 is 14.5 Å². The number of carbonyl (C=O) groups is 2. The maximum absolute atomic E-state index is 13.8. The number of likely N-dealkylation sites (tertiary alicyclic amines) is 2. The summed E-state index contributed by atoms with van der Waals surface area (Å²) in [5, 5.41) is 0. The van der Waals surface area contributed by atoms with Gasteiger partial charge in [-0.2, -0.15) is 26.3 Å². The van der Waals surface area contributed by atoms with Crippen molar-refractivity contribution in [3.05, 3.63) is 58.4 Å². The third-order valence-electron chi connectivity index (χ3n) is 8.03. The topological polar surface area (TPSA) is 62.7 Å². The van der Waals surface area contributed by atoms with Crippen LogP contribution in [-0.4, -0.2) is 53.3 Å². The summed E-state index contributed by atoms with van der Waals surface area (Å²) in [5.74, 6) is -0.894. The van der Waals surface area contributed by atoms with Crippen LogP contribution in [0.2, 0.25) is 0 Å². The van der Waals surface area contributed by atoms with Crippen LogP contribution in [0.1, 0.15) is 64.3 Å². The van der Waals surface area contributed by atoms with E-state index in [2.05, 4.69) is 4.98 Å². The van der Waals surface area contributed by atoms with Crippen LogP contribution in [-0.2, 0) is 28.4 Å². The number of pyridine rings is 1. The number of aromatic nitrogens is 1. The molecule has 2 amide bonds. The first-order valence-electron chi connectivity index (χ1n) is 14.3. The summed E-state index contributed by atoms with van der Waals surface area (Å²) in [7, 11) is -2.75. The van der Waals surface area contributed by atoms with Gasteiger partial charge in [-0.15, -0.1) is 0 Å². The molecule has 0 aliphatic carbocycles. The van der Waals surface area contributed by atoms with Crippen LogP contribution in [0.4, 0.5) is 26.3 Å². The molecule has 218 valence electrons. The summed E-state index contributed by atoms with van der Waals surface area (Å²) in [4.78, 5) is 32.1. The Morgan fingerprint density at radius 1 is 1.07 bits per heavy atom. The van der Waals surface area contributed by atoms with E-state index in [-0.39, 0.29) is 42.3 Å². The number of halogens is 6. The van der Waals surface area contributed by atoms with E-state index >= 15 is 0 Å². The van der Waals surface area contributed by atoms with Gasteiger partial charge in [-0.3, -0.25) is 14.6 Å². The van der Waals surface area contributed by atoms with Crippen LogP contribution in [0.25, 0.3) is 0 Å². The molecule has 4 rings (SSSR count). The maximum atomic E-state index is 13.8. The Hall–Kier alpha value is -3.31. The van der Waals surface area contributed by atoms with Gasteiger partial charge in [-0.1, -0.05) is 12.1 Å². The van der Waals surface area contributed by atoms with Crippen LogP contribution in [0.3, 0.4) is 0 Å². The van der Waals surface area contributed by atoms with E-state index in [9.17, 15) is 35.9 Å². The number of hydrogen-bond acceptors (Lipinski definition) is 4. The molecule has 2 aliphatic rings. The summed E-state index contributed by atoms with van der Waals surface area (Å²) in [5.41, 5.74) is -3.03. The summed E-state index contributed by atoms with van der Waals surface area (Å²) >= 11 is 0. The predicted octanol–water partition coefficient (Wildman–Crippen LogP) is 5.83. The Balaban J connectivity index is 1.71. The van der Waals surface area contributed by atoms with Crippen LogP contribution >= 0.6 is 0 Å². The molecule has 2 saturated heterocycles. The number of hydrogen-bond donors (Lipinski definition) is 0. The average molecular weight is 575 g/mol. The summed E-state index contributed by atoms with van der Waals surface area (Å²) in [6.45, 7) is 4.27. The number of ether oxygens (including phenoxy) is 1. The highest BCUT2D eigenvalue weighted by Gasteiger charge is 2.45. The molecule has 0 N–H and O–H groups in total. The highest BCUT2D eigenvalue weighted by atomic mass is 19.4.